The Morgan fingerprint density at radius 2 is 0.402 bits per heavy atom. The second-order valence-electron chi connectivity index (χ2n) is 27.3. The van der Waals surface area contributed by atoms with Crippen LogP contribution in [0.2, 0.25) is 0 Å². The second kappa shape index (κ2) is 29.1. The number of benzene rings is 15. The third-order valence-corrected chi connectivity index (χ3v) is 21.4. The van der Waals surface area contributed by atoms with Gasteiger partial charge < -0.3 is 0 Å². The van der Waals surface area contributed by atoms with Gasteiger partial charge in [-0.2, -0.15) is 17.5 Å². The van der Waals surface area contributed by atoms with Crippen molar-refractivity contribution in [3.63, 3.8) is 0 Å². The molecule has 0 amide bonds. The lowest BCUT2D eigenvalue weighted by molar-refractivity contribution is 1.07. The zero-order valence-corrected chi connectivity index (χ0v) is 61.5. The van der Waals surface area contributed by atoms with Crippen LogP contribution in [0.1, 0.15) is 0 Å². The van der Waals surface area contributed by atoms with Crippen molar-refractivity contribution in [2.75, 3.05) is 0 Å². The molecular weight excluding hydrogens is 1410 g/mol. The molecule has 112 heavy (non-hydrogen) atoms. The van der Waals surface area contributed by atoms with E-state index in [0.29, 0.717) is 34.9 Å². The number of aromatic nitrogens is 12. The largest absolute Gasteiger partial charge is 0.247 e. The molecule has 0 aliphatic heterocycles. The zero-order valence-electron chi connectivity index (χ0n) is 59.8. The number of hydrogen-bond acceptors (Lipinski definition) is 14. The molecule has 6 heterocycles. The SMILES string of the molecule is c1ccc(-c2cccc(-c3nc(-c4cccc(-c5ccccc5)c4)nc(-c4cccc(-c5cc6c(-c7ccccc7)nc7ccccc7c6c6nsnc56)c4)n3)c2)cc1.c1ccc(-c2cccc(-c3nc(-c4ccccc4)nc(-c4cccc(-c5cc6c(-c7ccccc7)nc7ccccc7c6c6nsnc56)c4)n3)c2)cc1. The average molecular weight is 1470 g/mol. The summed E-state index contributed by atoms with van der Waals surface area (Å²) in [5.74, 6) is 3.59. The molecule has 21 aromatic rings. The van der Waals surface area contributed by atoms with Crippen molar-refractivity contribution in [1.82, 2.24) is 57.4 Å². The molecular formula is C98H60N12S2. The van der Waals surface area contributed by atoms with E-state index in [1.807, 2.05) is 72.8 Å². The molecule has 15 aromatic carbocycles. The Labute approximate surface area is 652 Å². The van der Waals surface area contributed by atoms with E-state index in [-0.39, 0.29) is 0 Å². The zero-order chi connectivity index (χ0) is 74.3. The second-order valence-corrected chi connectivity index (χ2v) is 28.3. The molecule has 6 aromatic heterocycles. The Balaban J connectivity index is 0.000000147. The van der Waals surface area contributed by atoms with E-state index in [4.69, 9.17) is 57.4 Å². The molecule has 0 unspecified atom stereocenters. The van der Waals surface area contributed by atoms with Gasteiger partial charge in [-0.25, -0.2) is 39.9 Å². The Hall–Kier alpha value is -14.7. The summed E-state index contributed by atoms with van der Waals surface area (Å²) in [6, 6.07) is 125. The van der Waals surface area contributed by atoms with Gasteiger partial charge >= 0.3 is 0 Å². The molecule has 21 rings (SSSR count). The van der Waals surface area contributed by atoms with Gasteiger partial charge in [-0.3, -0.25) is 0 Å². The first-order valence-corrected chi connectivity index (χ1v) is 38.3. The summed E-state index contributed by atoms with van der Waals surface area (Å²) in [4.78, 5) is 41.1. The summed E-state index contributed by atoms with van der Waals surface area (Å²) < 4.78 is 19.6. The van der Waals surface area contributed by atoms with Crippen LogP contribution in [0, 0.1) is 0 Å². The summed E-state index contributed by atoms with van der Waals surface area (Å²) in [5.41, 5.74) is 25.2. The molecule has 14 heteroatoms. The molecule has 0 aliphatic rings. The summed E-state index contributed by atoms with van der Waals surface area (Å²) in [7, 11) is 0. The minimum atomic E-state index is 0.577. The lowest BCUT2D eigenvalue weighted by Gasteiger charge is -2.14. The van der Waals surface area contributed by atoms with E-state index in [0.717, 1.165) is 177 Å². The van der Waals surface area contributed by atoms with Crippen LogP contribution in [-0.4, -0.2) is 57.4 Å². The molecule has 0 bridgehead atoms. The maximum Gasteiger partial charge on any atom is 0.164 e. The summed E-state index contributed by atoms with van der Waals surface area (Å²) in [6.45, 7) is 0. The van der Waals surface area contributed by atoms with Crippen molar-refractivity contribution in [3.05, 3.63) is 364 Å². The highest BCUT2D eigenvalue weighted by molar-refractivity contribution is 7.00. The summed E-state index contributed by atoms with van der Waals surface area (Å²) in [5, 5.41) is 6.28. The minimum Gasteiger partial charge on any atom is -0.247 e. The molecule has 0 spiro atoms. The first kappa shape index (κ1) is 66.7. The third-order valence-electron chi connectivity index (χ3n) is 20.3. The average Bonchev–Trinajstić information content (AvgIpc) is 1.33. The highest BCUT2D eigenvalue weighted by Crippen LogP contribution is 2.45. The third kappa shape index (κ3) is 12.8. The Morgan fingerprint density at radius 1 is 0.161 bits per heavy atom. The Bertz CT molecular complexity index is 7030. The van der Waals surface area contributed by atoms with E-state index < -0.39 is 0 Å². The summed E-state index contributed by atoms with van der Waals surface area (Å²) >= 11 is 2.46. The minimum absolute atomic E-state index is 0.577. The van der Waals surface area contributed by atoms with E-state index in [1.165, 1.54) is 23.5 Å². The van der Waals surface area contributed by atoms with Gasteiger partial charge in [0.2, 0.25) is 0 Å². The number of pyridine rings is 2. The Morgan fingerprint density at radius 3 is 0.732 bits per heavy atom. The van der Waals surface area contributed by atoms with Crippen LogP contribution in [0.4, 0.5) is 0 Å². The van der Waals surface area contributed by atoms with Crippen molar-refractivity contribution in [2.45, 2.75) is 0 Å². The van der Waals surface area contributed by atoms with E-state index in [1.54, 1.807) is 0 Å². The van der Waals surface area contributed by atoms with Crippen molar-refractivity contribution >= 4 is 88.9 Å². The molecule has 0 saturated heterocycles. The van der Waals surface area contributed by atoms with Crippen molar-refractivity contribution in [1.29, 1.82) is 0 Å². The van der Waals surface area contributed by atoms with Gasteiger partial charge in [0.15, 0.2) is 34.9 Å². The first-order chi connectivity index (χ1) is 55.5. The van der Waals surface area contributed by atoms with E-state index >= 15 is 0 Å². The topological polar surface area (TPSA) is 155 Å². The number of hydrogen-bond donors (Lipinski definition) is 0. The monoisotopic (exact) mass is 1470 g/mol. The van der Waals surface area contributed by atoms with Gasteiger partial charge in [0.05, 0.1) is 45.9 Å². The van der Waals surface area contributed by atoms with Crippen molar-refractivity contribution in [2.24, 2.45) is 0 Å². The van der Waals surface area contributed by atoms with Crippen LogP contribution in [-0.2, 0) is 0 Å². The van der Waals surface area contributed by atoms with Gasteiger partial charge in [-0.05, 0) is 99.1 Å². The van der Waals surface area contributed by atoms with Crippen LogP contribution in [0.3, 0.4) is 0 Å². The highest BCUT2D eigenvalue weighted by atomic mass is 32.1. The molecule has 0 N–H and O–H groups in total. The van der Waals surface area contributed by atoms with Crippen LogP contribution in [0.25, 0.3) is 212 Å². The number of nitrogens with zero attached hydrogens (tertiary/aromatic N) is 12. The fraction of sp³-hybridized carbons (Fsp3) is 0. The molecule has 0 aliphatic carbocycles. The maximum atomic E-state index is 5.22. The molecule has 0 saturated carbocycles. The quantitative estimate of drug-likeness (QED) is 0.101. The van der Waals surface area contributed by atoms with Gasteiger partial charge in [-0.1, -0.05) is 309 Å². The molecule has 0 fully saturated rings. The molecule has 0 atom stereocenters. The summed E-state index contributed by atoms with van der Waals surface area (Å²) in [6.07, 6.45) is 0. The van der Waals surface area contributed by atoms with Gasteiger partial charge in [0.25, 0.3) is 0 Å². The standard InChI is InChI=1S/C52H32N6S.C46H28N6S/c1-4-15-33(16-5-1)36-21-12-24-39(29-36)50-54-51(40-25-13-22-37(30-40)34-17-6-2-7-18-34)56-52(55-50)41-26-14-23-38(31-41)43-32-44-46(49-48(43)57-59-58-49)42-27-10-11-28-45(42)53-47(44)35-19-8-3-9-20-35;1-4-14-29(15-5-1)32-20-12-22-34(26-32)45-48-44(31-18-8-3-9-19-31)49-46(50-45)35-23-13-21-33(27-35)37-28-38-40(43-42(37)51-53-52-43)36-24-10-11-25-39(36)47-41(38)30-16-6-2-7-17-30/h1-32H;1-28H. The van der Waals surface area contributed by atoms with Gasteiger partial charge in [-0.15, -0.1) is 0 Å². The first-order valence-electron chi connectivity index (χ1n) is 36.8. The number of fused-ring (bicyclic) bond motifs is 10. The van der Waals surface area contributed by atoms with Crippen molar-refractivity contribution in [3.8, 4) is 146 Å². The van der Waals surface area contributed by atoms with Crippen molar-refractivity contribution < 1.29 is 0 Å². The van der Waals surface area contributed by atoms with Crippen LogP contribution in [0.5, 0.6) is 0 Å². The number of rotatable bonds is 13. The van der Waals surface area contributed by atoms with Gasteiger partial charge in [0, 0.05) is 88.0 Å². The highest BCUT2D eigenvalue weighted by Gasteiger charge is 2.24. The predicted octanol–water partition coefficient (Wildman–Crippen LogP) is 24.8. The molecule has 0 radical (unpaired) electrons. The lowest BCUT2D eigenvalue weighted by atomic mass is 9.93. The van der Waals surface area contributed by atoms with E-state index in [2.05, 4.69) is 291 Å². The molecule has 524 valence electrons. The fourth-order valence-electron chi connectivity index (χ4n) is 15.0. The predicted molar refractivity (Wildman–Crippen MR) is 458 cm³/mol. The van der Waals surface area contributed by atoms with E-state index in [9.17, 15) is 0 Å². The van der Waals surface area contributed by atoms with Crippen LogP contribution >= 0.6 is 23.5 Å². The fourth-order valence-corrected chi connectivity index (χ4v) is 16.1. The van der Waals surface area contributed by atoms with Crippen LogP contribution < -0.4 is 0 Å². The maximum absolute atomic E-state index is 5.22. The van der Waals surface area contributed by atoms with Crippen LogP contribution in [0.15, 0.2) is 364 Å². The normalized spacial score (nSPS) is 11.4. The van der Waals surface area contributed by atoms with Gasteiger partial charge in [0.1, 0.15) is 22.1 Å². The Kier molecular flexibility index (Phi) is 17.3. The molecule has 12 nitrogen and oxygen atoms in total. The lowest BCUT2D eigenvalue weighted by Crippen LogP contribution is -2.00. The number of para-hydroxylation sites is 2. The smallest absolute Gasteiger partial charge is 0.164 e.